The van der Waals surface area contributed by atoms with Gasteiger partial charge in [0.15, 0.2) is 0 Å². The molecule has 2 aromatic carbocycles. The Morgan fingerprint density at radius 2 is 2.00 bits per heavy atom. The third-order valence-electron chi connectivity index (χ3n) is 5.31. The monoisotopic (exact) mass is 412 g/mol. The molecule has 0 bridgehead atoms. The average Bonchev–Trinajstić information content (AvgIpc) is 3.09. The summed E-state index contributed by atoms with van der Waals surface area (Å²) in [4.78, 5) is 28.8. The summed E-state index contributed by atoms with van der Waals surface area (Å²) < 4.78 is 10.5. The number of carbonyl (C=O) groups is 1. The number of rotatable bonds is 5. The lowest BCUT2D eigenvalue weighted by molar-refractivity contribution is -0.121. The maximum absolute atomic E-state index is 13.0. The van der Waals surface area contributed by atoms with Crippen LogP contribution in [0.4, 0.5) is 5.69 Å². The van der Waals surface area contributed by atoms with Gasteiger partial charge in [-0.25, -0.2) is 4.79 Å². The predicted molar refractivity (Wildman–Crippen MR) is 113 cm³/mol. The predicted octanol–water partition coefficient (Wildman–Crippen LogP) is 3.69. The Hall–Kier alpha value is -2.83. The molecule has 7 heteroatoms. The Labute approximate surface area is 173 Å². The molecule has 0 saturated carbocycles. The van der Waals surface area contributed by atoms with Crippen LogP contribution < -0.4 is 15.3 Å². The molecular formula is C22H21ClN2O4. The summed E-state index contributed by atoms with van der Waals surface area (Å²) in [6.45, 7) is 1.05. The van der Waals surface area contributed by atoms with Crippen LogP contribution in [-0.2, 0) is 11.3 Å². The van der Waals surface area contributed by atoms with Crippen LogP contribution in [0.1, 0.15) is 12.0 Å². The lowest BCUT2D eigenvalue weighted by Crippen LogP contribution is -2.39. The summed E-state index contributed by atoms with van der Waals surface area (Å²) in [6.07, 6.45) is 0.688. The molecule has 1 aliphatic heterocycles. The first kappa shape index (κ1) is 19.5. The van der Waals surface area contributed by atoms with Crippen LogP contribution >= 0.6 is 11.6 Å². The smallest absolute Gasteiger partial charge is 0.336 e. The minimum atomic E-state index is -0.426. The Kier molecular flexibility index (Phi) is 5.30. The fourth-order valence-electron chi connectivity index (χ4n) is 3.83. The van der Waals surface area contributed by atoms with Crippen LogP contribution in [0.2, 0.25) is 5.02 Å². The highest BCUT2D eigenvalue weighted by molar-refractivity contribution is 6.33. The molecule has 150 valence electrons. The van der Waals surface area contributed by atoms with Gasteiger partial charge in [0, 0.05) is 30.6 Å². The number of hydrogen-bond acceptors (Lipinski definition) is 5. The number of amides is 1. The van der Waals surface area contributed by atoms with E-state index >= 15 is 0 Å². The third-order valence-corrected chi connectivity index (χ3v) is 5.63. The van der Waals surface area contributed by atoms with Crippen molar-refractivity contribution in [2.45, 2.75) is 19.0 Å². The number of anilines is 1. The van der Waals surface area contributed by atoms with Crippen LogP contribution in [0.25, 0.3) is 11.0 Å². The van der Waals surface area contributed by atoms with Crippen LogP contribution in [0.5, 0.6) is 5.75 Å². The van der Waals surface area contributed by atoms with Gasteiger partial charge < -0.3 is 14.1 Å². The van der Waals surface area contributed by atoms with E-state index in [1.54, 1.807) is 24.1 Å². The van der Waals surface area contributed by atoms with Gasteiger partial charge >= 0.3 is 5.63 Å². The van der Waals surface area contributed by atoms with E-state index in [1.165, 1.54) is 6.07 Å². The molecule has 1 amide bonds. The van der Waals surface area contributed by atoms with E-state index in [9.17, 15) is 9.59 Å². The molecule has 1 unspecified atom stereocenters. The first-order valence-electron chi connectivity index (χ1n) is 9.35. The lowest BCUT2D eigenvalue weighted by Gasteiger charge is -2.24. The number of nitrogens with zero attached hydrogens (tertiary/aromatic N) is 2. The molecule has 1 atom stereocenters. The second-order valence-electron chi connectivity index (χ2n) is 7.11. The van der Waals surface area contributed by atoms with Gasteiger partial charge in [-0.2, -0.15) is 0 Å². The first-order valence-corrected chi connectivity index (χ1v) is 9.72. The molecule has 1 saturated heterocycles. The van der Waals surface area contributed by atoms with Gasteiger partial charge in [0.05, 0.1) is 23.9 Å². The first-order chi connectivity index (χ1) is 14.0. The molecule has 1 aromatic heterocycles. The second-order valence-corrected chi connectivity index (χ2v) is 7.52. The number of carbonyl (C=O) groups excluding carboxylic acids is 1. The largest absolute Gasteiger partial charge is 0.497 e. The van der Waals surface area contributed by atoms with Crippen LogP contribution in [0.3, 0.4) is 0 Å². The van der Waals surface area contributed by atoms with E-state index in [0.717, 1.165) is 16.6 Å². The Bertz CT molecular complexity index is 1130. The molecular weight excluding hydrogens is 392 g/mol. The standard InChI is InChI=1S/C22H21ClN2O4/c1-24(19-9-10-25(22(19)27)18-6-4-3-5-17(18)23)13-14-11-21(26)29-20-12-15(28-2)7-8-16(14)20/h3-8,11-12,19H,9-10,13H2,1-2H3. The van der Waals surface area contributed by atoms with Gasteiger partial charge in [0.25, 0.3) is 0 Å². The number of likely N-dealkylation sites (N-methyl/N-ethyl adjacent to an activating group) is 1. The quantitative estimate of drug-likeness (QED) is 0.598. The number of para-hydroxylation sites is 1. The number of fused-ring (bicyclic) bond motifs is 1. The molecule has 0 radical (unpaired) electrons. The molecule has 3 aromatic rings. The van der Waals surface area contributed by atoms with Crippen molar-refractivity contribution in [3.63, 3.8) is 0 Å². The fourth-order valence-corrected chi connectivity index (χ4v) is 4.07. The van der Waals surface area contributed by atoms with E-state index in [1.807, 2.05) is 42.3 Å². The van der Waals surface area contributed by atoms with E-state index in [0.29, 0.717) is 35.9 Å². The third kappa shape index (κ3) is 3.73. The molecule has 0 aliphatic carbocycles. The molecule has 1 aliphatic rings. The van der Waals surface area contributed by atoms with E-state index < -0.39 is 5.63 Å². The lowest BCUT2D eigenvalue weighted by atomic mass is 10.1. The van der Waals surface area contributed by atoms with Crippen molar-refractivity contribution in [3.8, 4) is 5.75 Å². The van der Waals surface area contributed by atoms with Gasteiger partial charge in [-0.3, -0.25) is 9.69 Å². The second kappa shape index (κ2) is 7.89. The molecule has 2 heterocycles. The highest BCUT2D eigenvalue weighted by atomic mass is 35.5. The summed E-state index contributed by atoms with van der Waals surface area (Å²) in [5.74, 6) is 0.627. The van der Waals surface area contributed by atoms with Gasteiger partial charge in [-0.15, -0.1) is 0 Å². The maximum atomic E-state index is 13.0. The SMILES string of the molecule is COc1ccc2c(CN(C)C3CCN(c4ccccc4Cl)C3=O)cc(=O)oc2c1. The van der Waals surface area contributed by atoms with Gasteiger partial charge in [0.1, 0.15) is 11.3 Å². The molecule has 4 rings (SSSR count). The minimum Gasteiger partial charge on any atom is -0.497 e. The zero-order valence-corrected chi connectivity index (χ0v) is 17.0. The van der Waals surface area contributed by atoms with Crippen molar-refractivity contribution in [1.29, 1.82) is 0 Å². The zero-order chi connectivity index (χ0) is 20.5. The molecule has 6 nitrogen and oxygen atoms in total. The number of benzene rings is 2. The summed E-state index contributed by atoms with van der Waals surface area (Å²) in [5.41, 5.74) is 1.58. The van der Waals surface area contributed by atoms with E-state index in [2.05, 4.69) is 0 Å². The van der Waals surface area contributed by atoms with Crippen molar-refractivity contribution in [2.24, 2.45) is 0 Å². The van der Waals surface area contributed by atoms with Gasteiger partial charge in [-0.1, -0.05) is 23.7 Å². The Morgan fingerprint density at radius 3 is 2.76 bits per heavy atom. The van der Waals surface area contributed by atoms with Crippen molar-refractivity contribution in [2.75, 3.05) is 25.6 Å². The minimum absolute atomic E-state index is 0.00883. The van der Waals surface area contributed by atoms with Crippen molar-refractivity contribution in [3.05, 3.63) is 69.5 Å². The van der Waals surface area contributed by atoms with Crippen molar-refractivity contribution < 1.29 is 13.9 Å². The van der Waals surface area contributed by atoms with Crippen LogP contribution in [0.15, 0.2) is 57.7 Å². The highest BCUT2D eigenvalue weighted by Gasteiger charge is 2.36. The molecule has 1 fully saturated rings. The summed E-state index contributed by atoms with van der Waals surface area (Å²) >= 11 is 6.27. The van der Waals surface area contributed by atoms with Crippen LogP contribution in [-0.4, -0.2) is 37.6 Å². The Balaban J connectivity index is 1.59. The number of methoxy groups -OCH3 is 1. The highest BCUT2D eigenvalue weighted by Crippen LogP contribution is 2.31. The average molecular weight is 413 g/mol. The fraction of sp³-hybridized carbons (Fsp3) is 0.273. The number of ether oxygens (including phenoxy) is 1. The number of hydrogen-bond donors (Lipinski definition) is 0. The molecule has 29 heavy (non-hydrogen) atoms. The van der Waals surface area contributed by atoms with Crippen molar-refractivity contribution >= 4 is 34.2 Å². The Morgan fingerprint density at radius 1 is 1.21 bits per heavy atom. The zero-order valence-electron chi connectivity index (χ0n) is 16.2. The topological polar surface area (TPSA) is 63.0 Å². The van der Waals surface area contributed by atoms with Gasteiger partial charge in [-0.05, 0) is 43.3 Å². The molecule has 0 N–H and O–H groups in total. The number of halogens is 1. The van der Waals surface area contributed by atoms with Gasteiger partial charge in [0.2, 0.25) is 5.91 Å². The normalized spacial score (nSPS) is 16.8. The summed E-state index contributed by atoms with van der Waals surface area (Å²) in [6, 6.07) is 13.9. The summed E-state index contributed by atoms with van der Waals surface area (Å²) in [7, 11) is 3.45. The van der Waals surface area contributed by atoms with Crippen LogP contribution in [0, 0.1) is 0 Å². The van der Waals surface area contributed by atoms with E-state index in [4.69, 9.17) is 20.8 Å². The van der Waals surface area contributed by atoms with Crippen molar-refractivity contribution in [1.82, 2.24) is 4.90 Å². The summed E-state index contributed by atoms with van der Waals surface area (Å²) in [5, 5.41) is 1.38. The molecule has 0 spiro atoms. The maximum Gasteiger partial charge on any atom is 0.336 e. The van der Waals surface area contributed by atoms with E-state index in [-0.39, 0.29) is 11.9 Å².